The topological polar surface area (TPSA) is 70.8 Å². The second-order valence-corrected chi connectivity index (χ2v) is 9.58. The summed E-state index contributed by atoms with van der Waals surface area (Å²) >= 11 is 0. The van der Waals surface area contributed by atoms with Gasteiger partial charge in [0.1, 0.15) is 17.2 Å². The van der Waals surface area contributed by atoms with Crippen molar-refractivity contribution in [1.82, 2.24) is 9.21 Å². The van der Waals surface area contributed by atoms with E-state index >= 15 is 0 Å². The van der Waals surface area contributed by atoms with E-state index in [1.165, 1.54) is 6.07 Å². The minimum atomic E-state index is -4.28. The lowest BCUT2D eigenvalue weighted by Gasteiger charge is -2.34. The fraction of sp³-hybridized carbons (Fsp3) is 0.318. The molecule has 0 atom stereocenters. The number of hydrogen-bond acceptors (Lipinski definition) is 5. The number of hydrogen-bond donors (Lipinski definition) is 0. The molecule has 164 valence electrons. The van der Waals surface area contributed by atoms with Crippen LogP contribution in [0.3, 0.4) is 0 Å². The van der Waals surface area contributed by atoms with Gasteiger partial charge in [-0.25, -0.2) is 22.0 Å². The van der Waals surface area contributed by atoms with Gasteiger partial charge in [-0.2, -0.15) is 4.31 Å². The molecule has 3 aromatic rings. The van der Waals surface area contributed by atoms with E-state index in [1.54, 1.807) is 0 Å². The molecule has 0 saturated carbocycles. The van der Waals surface area contributed by atoms with Crippen LogP contribution in [-0.2, 0) is 16.6 Å². The van der Waals surface area contributed by atoms with E-state index in [9.17, 15) is 22.0 Å². The second-order valence-electron chi connectivity index (χ2n) is 7.71. The molecule has 2 aromatic carbocycles. The Kier molecular flexibility index (Phi) is 5.67. The maximum absolute atomic E-state index is 14.0. The Labute approximate surface area is 178 Å². The molecule has 0 bridgehead atoms. The van der Waals surface area contributed by atoms with Crippen molar-refractivity contribution in [3.05, 3.63) is 75.1 Å². The summed E-state index contributed by atoms with van der Waals surface area (Å²) in [5.74, 6) is -2.20. The summed E-state index contributed by atoms with van der Waals surface area (Å²) in [4.78, 5) is 13.2. The molecule has 0 amide bonds. The Bertz CT molecular complexity index is 1290. The monoisotopic (exact) mass is 448 g/mol. The number of halogens is 2. The van der Waals surface area contributed by atoms with Gasteiger partial charge in [0, 0.05) is 44.2 Å². The Morgan fingerprint density at radius 1 is 1.00 bits per heavy atom. The van der Waals surface area contributed by atoms with Crippen molar-refractivity contribution in [3.63, 3.8) is 0 Å². The van der Waals surface area contributed by atoms with Crippen molar-refractivity contribution >= 4 is 21.0 Å². The van der Waals surface area contributed by atoms with Gasteiger partial charge in [-0.15, -0.1) is 0 Å². The summed E-state index contributed by atoms with van der Waals surface area (Å²) in [6.07, 6.45) is 0. The number of sulfonamides is 1. The van der Waals surface area contributed by atoms with Crippen LogP contribution in [0, 0.1) is 25.5 Å². The first-order valence-electron chi connectivity index (χ1n) is 9.88. The molecular weight excluding hydrogens is 426 g/mol. The van der Waals surface area contributed by atoms with Gasteiger partial charge in [-0.1, -0.05) is 18.2 Å². The lowest BCUT2D eigenvalue weighted by atomic mass is 10.0. The molecular formula is C22H22F2N2O4S. The summed E-state index contributed by atoms with van der Waals surface area (Å²) in [5.41, 5.74) is 2.84. The van der Waals surface area contributed by atoms with Gasteiger partial charge in [-0.05, 0) is 42.7 Å². The fourth-order valence-corrected chi connectivity index (χ4v) is 5.41. The van der Waals surface area contributed by atoms with Crippen molar-refractivity contribution in [1.29, 1.82) is 0 Å². The molecule has 2 heterocycles. The van der Waals surface area contributed by atoms with E-state index in [-0.39, 0.29) is 13.1 Å². The number of benzene rings is 2. The molecule has 31 heavy (non-hydrogen) atoms. The van der Waals surface area contributed by atoms with Crippen molar-refractivity contribution < 1.29 is 21.6 Å². The Morgan fingerprint density at radius 3 is 2.29 bits per heavy atom. The van der Waals surface area contributed by atoms with Gasteiger partial charge >= 0.3 is 5.63 Å². The molecule has 4 rings (SSSR count). The quantitative estimate of drug-likeness (QED) is 0.574. The van der Waals surface area contributed by atoms with Crippen molar-refractivity contribution in [2.45, 2.75) is 25.3 Å². The van der Waals surface area contributed by atoms with E-state index in [0.717, 1.165) is 44.6 Å². The van der Waals surface area contributed by atoms with Crippen LogP contribution in [0.1, 0.15) is 16.7 Å². The predicted octanol–water partition coefficient (Wildman–Crippen LogP) is 3.19. The van der Waals surface area contributed by atoms with Gasteiger partial charge in [0.2, 0.25) is 10.0 Å². The highest BCUT2D eigenvalue weighted by Gasteiger charge is 2.33. The van der Waals surface area contributed by atoms with Crippen LogP contribution in [0.25, 0.3) is 11.0 Å². The van der Waals surface area contributed by atoms with Gasteiger partial charge < -0.3 is 4.42 Å². The maximum Gasteiger partial charge on any atom is 0.336 e. The predicted molar refractivity (Wildman–Crippen MR) is 112 cm³/mol. The van der Waals surface area contributed by atoms with Gasteiger partial charge in [0.05, 0.1) is 0 Å². The first-order chi connectivity index (χ1) is 14.7. The van der Waals surface area contributed by atoms with Crippen molar-refractivity contribution in [2.75, 3.05) is 26.2 Å². The standard InChI is InChI=1S/C22H22F2N2O4S/c1-14-6-7-17-16(12-20(27)30-21(17)15(14)2)13-25-8-10-26(11-9-25)31(28,29)22-18(23)4-3-5-19(22)24/h3-7,12H,8-11,13H2,1-2H3. The first kappa shape index (κ1) is 21.6. The molecule has 1 aliphatic rings. The number of fused-ring (bicyclic) bond motifs is 1. The lowest BCUT2D eigenvalue weighted by Crippen LogP contribution is -2.48. The average molecular weight is 448 g/mol. The van der Waals surface area contributed by atoms with Gasteiger partial charge in [0.15, 0.2) is 4.90 Å². The Hall–Kier alpha value is -2.62. The third kappa shape index (κ3) is 4.00. The first-order valence-corrected chi connectivity index (χ1v) is 11.3. The van der Waals surface area contributed by atoms with Crippen LogP contribution < -0.4 is 5.63 Å². The number of aryl methyl sites for hydroxylation is 2. The van der Waals surface area contributed by atoms with Crippen molar-refractivity contribution in [3.8, 4) is 0 Å². The van der Waals surface area contributed by atoms with Crippen LogP contribution >= 0.6 is 0 Å². The average Bonchev–Trinajstić information content (AvgIpc) is 2.71. The third-order valence-corrected chi connectivity index (χ3v) is 7.71. The normalized spacial score (nSPS) is 16.1. The molecule has 1 aromatic heterocycles. The second kappa shape index (κ2) is 8.14. The SMILES string of the molecule is Cc1ccc2c(CN3CCN(S(=O)(=O)c4c(F)cccc4F)CC3)cc(=O)oc2c1C. The number of nitrogens with zero attached hydrogens (tertiary/aromatic N) is 2. The zero-order valence-electron chi connectivity index (χ0n) is 17.2. The molecule has 1 fully saturated rings. The largest absolute Gasteiger partial charge is 0.422 e. The number of piperazine rings is 1. The van der Waals surface area contributed by atoms with Crippen LogP contribution in [0.2, 0.25) is 0 Å². The van der Waals surface area contributed by atoms with E-state index in [1.807, 2.05) is 30.9 Å². The zero-order chi connectivity index (χ0) is 22.3. The maximum atomic E-state index is 14.0. The molecule has 6 nitrogen and oxygen atoms in total. The zero-order valence-corrected chi connectivity index (χ0v) is 18.0. The summed E-state index contributed by atoms with van der Waals surface area (Å²) in [6.45, 7) is 5.19. The van der Waals surface area contributed by atoms with Gasteiger partial charge in [-0.3, -0.25) is 4.90 Å². The lowest BCUT2D eigenvalue weighted by molar-refractivity contribution is 0.181. The molecule has 0 aliphatic carbocycles. The summed E-state index contributed by atoms with van der Waals surface area (Å²) in [6, 6.07) is 8.33. The molecule has 9 heteroatoms. The highest BCUT2D eigenvalue weighted by Crippen LogP contribution is 2.26. The number of rotatable bonds is 4. The van der Waals surface area contributed by atoms with E-state index in [4.69, 9.17) is 4.42 Å². The van der Waals surface area contributed by atoms with E-state index in [0.29, 0.717) is 25.2 Å². The van der Waals surface area contributed by atoms with Crippen molar-refractivity contribution in [2.24, 2.45) is 0 Å². The highest BCUT2D eigenvalue weighted by atomic mass is 32.2. The van der Waals surface area contributed by atoms with Crippen LogP contribution in [0.15, 0.2) is 50.5 Å². The smallest absolute Gasteiger partial charge is 0.336 e. The van der Waals surface area contributed by atoms with Crippen LogP contribution in [-0.4, -0.2) is 43.8 Å². The molecule has 0 N–H and O–H groups in total. The highest BCUT2D eigenvalue weighted by molar-refractivity contribution is 7.89. The molecule has 1 saturated heterocycles. The molecule has 0 spiro atoms. The Balaban J connectivity index is 1.54. The third-order valence-electron chi connectivity index (χ3n) is 5.76. The minimum absolute atomic E-state index is 0.0909. The summed E-state index contributed by atoms with van der Waals surface area (Å²) < 4.78 is 60.0. The van der Waals surface area contributed by atoms with Crippen LogP contribution in [0.5, 0.6) is 0 Å². The molecule has 0 radical (unpaired) electrons. The molecule has 0 unspecified atom stereocenters. The Morgan fingerprint density at radius 2 is 1.65 bits per heavy atom. The fourth-order valence-electron chi connectivity index (χ4n) is 3.88. The summed E-state index contributed by atoms with van der Waals surface area (Å²) in [7, 11) is -4.28. The minimum Gasteiger partial charge on any atom is -0.422 e. The van der Waals surface area contributed by atoms with E-state index < -0.39 is 32.2 Å². The van der Waals surface area contributed by atoms with Gasteiger partial charge in [0.25, 0.3) is 0 Å². The van der Waals surface area contributed by atoms with E-state index in [2.05, 4.69) is 0 Å². The van der Waals surface area contributed by atoms with Crippen LogP contribution in [0.4, 0.5) is 8.78 Å². The molecule has 1 aliphatic heterocycles. The summed E-state index contributed by atoms with van der Waals surface area (Å²) in [5, 5.41) is 0.839.